The minimum atomic E-state index is -0.436. The predicted octanol–water partition coefficient (Wildman–Crippen LogP) is 1.40. The highest BCUT2D eigenvalue weighted by molar-refractivity contribution is 7.99. The van der Waals surface area contributed by atoms with E-state index in [1.807, 2.05) is 0 Å². The van der Waals surface area contributed by atoms with Gasteiger partial charge in [0.1, 0.15) is 0 Å². The number of rotatable bonds is 6. The van der Waals surface area contributed by atoms with Crippen LogP contribution in [-0.2, 0) is 0 Å². The Morgan fingerprint density at radius 2 is 2.15 bits per heavy atom. The van der Waals surface area contributed by atoms with Crippen LogP contribution in [0.5, 0.6) is 0 Å². The quantitative estimate of drug-likeness (QED) is 0.370. The lowest BCUT2D eigenvalue weighted by Gasteiger charge is -2.26. The number of carbonyl (C=O) groups excluding carboxylic acids is 1. The first-order valence-corrected chi connectivity index (χ1v) is 7.49. The van der Waals surface area contributed by atoms with E-state index in [2.05, 4.69) is 10.2 Å². The highest BCUT2D eigenvalue weighted by atomic mass is 32.2. The molecular weight excluding hydrogens is 278 g/mol. The summed E-state index contributed by atoms with van der Waals surface area (Å²) in [5.41, 5.74) is 0.543. The van der Waals surface area contributed by atoms with E-state index in [1.54, 1.807) is 0 Å². The molecule has 1 aliphatic heterocycles. The van der Waals surface area contributed by atoms with Crippen molar-refractivity contribution >= 4 is 23.7 Å². The number of nitro benzene ring substituents is 1. The zero-order valence-corrected chi connectivity index (χ0v) is 11.9. The van der Waals surface area contributed by atoms with Crippen LogP contribution in [0.4, 0.5) is 5.69 Å². The van der Waals surface area contributed by atoms with Crippen LogP contribution in [0, 0.1) is 10.1 Å². The number of nitro groups is 1. The number of non-ortho nitro benzene ring substituents is 1. The molecule has 1 aromatic carbocycles. The monoisotopic (exact) mass is 295 g/mol. The molecule has 108 valence electrons. The average Bonchev–Trinajstić information content (AvgIpc) is 2.48. The second-order valence-corrected chi connectivity index (χ2v) is 5.67. The lowest BCUT2D eigenvalue weighted by molar-refractivity contribution is -0.385. The molecule has 0 atom stereocenters. The highest BCUT2D eigenvalue weighted by Gasteiger charge is 2.12. The molecule has 0 spiro atoms. The van der Waals surface area contributed by atoms with Crippen molar-refractivity contribution in [1.29, 1.82) is 0 Å². The molecule has 0 saturated carbocycles. The van der Waals surface area contributed by atoms with Crippen molar-refractivity contribution in [3.05, 3.63) is 33.9 Å². The van der Waals surface area contributed by atoms with Gasteiger partial charge in [-0.15, -0.1) is 11.8 Å². The molecule has 1 heterocycles. The standard InChI is InChI=1S/C13H17N3O3S/c17-10-11-1-2-12(16(18)19)9-13(11)20-8-7-15-5-3-14-4-6-15/h1-2,9-10,14H,3-8H2. The SMILES string of the molecule is O=Cc1ccc([N+](=O)[O-])cc1SCCN1CCNCC1. The molecule has 1 aliphatic rings. The van der Waals surface area contributed by atoms with Gasteiger partial charge in [-0.05, 0) is 6.07 Å². The molecular formula is C13H17N3O3S. The summed E-state index contributed by atoms with van der Waals surface area (Å²) in [6.45, 7) is 4.97. The van der Waals surface area contributed by atoms with Crippen LogP contribution in [0.15, 0.2) is 23.1 Å². The van der Waals surface area contributed by atoms with Gasteiger partial charge in [-0.2, -0.15) is 0 Å². The molecule has 0 radical (unpaired) electrons. The average molecular weight is 295 g/mol. The third-order valence-electron chi connectivity index (χ3n) is 3.21. The van der Waals surface area contributed by atoms with Crippen molar-refractivity contribution < 1.29 is 9.72 Å². The molecule has 0 unspecified atom stereocenters. The number of nitrogens with zero attached hydrogens (tertiary/aromatic N) is 2. The Morgan fingerprint density at radius 1 is 1.40 bits per heavy atom. The van der Waals surface area contributed by atoms with Crippen molar-refractivity contribution in [2.45, 2.75) is 4.90 Å². The minimum Gasteiger partial charge on any atom is -0.314 e. The van der Waals surface area contributed by atoms with E-state index >= 15 is 0 Å². The number of nitrogens with one attached hydrogen (secondary N) is 1. The van der Waals surface area contributed by atoms with E-state index in [4.69, 9.17) is 0 Å². The van der Waals surface area contributed by atoms with Gasteiger partial charge in [-0.3, -0.25) is 19.8 Å². The maximum Gasteiger partial charge on any atom is 0.270 e. The molecule has 0 bridgehead atoms. The van der Waals surface area contributed by atoms with E-state index in [0.717, 1.165) is 44.8 Å². The van der Waals surface area contributed by atoms with E-state index in [0.29, 0.717) is 10.5 Å². The first-order chi connectivity index (χ1) is 9.70. The Balaban J connectivity index is 1.94. The largest absolute Gasteiger partial charge is 0.314 e. The van der Waals surface area contributed by atoms with E-state index in [1.165, 1.54) is 30.0 Å². The topological polar surface area (TPSA) is 75.5 Å². The van der Waals surface area contributed by atoms with Gasteiger partial charge in [0.15, 0.2) is 6.29 Å². The molecule has 1 aromatic rings. The van der Waals surface area contributed by atoms with Gasteiger partial charge in [0.2, 0.25) is 0 Å². The molecule has 0 aromatic heterocycles. The predicted molar refractivity (Wildman–Crippen MR) is 78.5 cm³/mol. The summed E-state index contributed by atoms with van der Waals surface area (Å²) in [6.07, 6.45) is 0.747. The maximum absolute atomic E-state index is 11.0. The summed E-state index contributed by atoms with van der Waals surface area (Å²) in [6, 6.07) is 4.36. The Labute approximate surface area is 121 Å². The van der Waals surface area contributed by atoms with Crippen LogP contribution < -0.4 is 5.32 Å². The van der Waals surface area contributed by atoms with E-state index < -0.39 is 4.92 Å². The fourth-order valence-corrected chi connectivity index (χ4v) is 3.13. The fraction of sp³-hybridized carbons (Fsp3) is 0.462. The van der Waals surface area contributed by atoms with Crippen LogP contribution >= 0.6 is 11.8 Å². The van der Waals surface area contributed by atoms with Crippen molar-refractivity contribution in [3.8, 4) is 0 Å². The van der Waals surface area contributed by atoms with Crippen LogP contribution in [0.2, 0.25) is 0 Å². The van der Waals surface area contributed by atoms with E-state index in [9.17, 15) is 14.9 Å². The van der Waals surface area contributed by atoms with Gasteiger partial charge in [-0.1, -0.05) is 0 Å². The van der Waals surface area contributed by atoms with Gasteiger partial charge < -0.3 is 5.32 Å². The number of hydrogen-bond acceptors (Lipinski definition) is 6. The summed E-state index contributed by atoms with van der Waals surface area (Å²) in [4.78, 5) is 24.3. The molecule has 0 aliphatic carbocycles. The van der Waals surface area contributed by atoms with Crippen molar-refractivity contribution in [3.63, 3.8) is 0 Å². The minimum absolute atomic E-state index is 0.0280. The van der Waals surface area contributed by atoms with Gasteiger partial charge >= 0.3 is 0 Å². The van der Waals surface area contributed by atoms with Crippen LogP contribution in [0.25, 0.3) is 0 Å². The molecule has 2 rings (SSSR count). The molecule has 0 amide bonds. The van der Waals surface area contributed by atoms with Crippen molar-refractivity contribution in [2.24, 2.45) is 0 Å². The summed E-state index contributed by atoms with van der Waals surface area (Å²) in [5.74, 6) is 0.821. The number of piperazine rings is 1. The molecule has 1 saturated heterocycles. The first-order valence-electron chi connectivity index (χ1n) is 6.50. The second kappa shape index (κ2) is 7.37. The lowest BCUT2D eigenvalue weighted by atomic mass is 10.2. The maximum atomic E-state index is 11.0. The summed E-state index contributed by atoms with van der Waals surface area (Å²) >= 11 is 1.50. The fourth-order valence-electron chi connectivity index (χ4n) is 2.08. The highest BCUT2D eigenvalue weighted by Crippen LogP contribution is 2.26. The Bertz CT molecular complexity index is 490. The van der Waals surface area contributed by atoms with E-state index in [-0.39, 0.29) is 5.69 Å². The molecule has 20 heavy (non-hydrogen) atoms. The molecule has 6 nitrogen and oxygen atoms in total. The van der Waals surface area contributed by atoms with Crippen LogP contribution in [0.1, 0.15) is 10.4 Å². The Morgan fingerprint density at radius 3 is 2.80 bits per heavy atom. The molecule has 7 heteroatoms. The summed E-state index contributed by atoms with van der Waals surface area (Å²) in [5, 5.41) is 14.1. The third kappa shape index (κ3) is 4.03. The van der Waals surface area contributed by atoms with Gasteiger partial charge in [0.05, 0.1) is 4.92 Å². The zero-order valence-electron chi connectivity index (χ0n) is 11.1. The lowest BCUT2D eigenvalue weighted by Crippen LogP contribution is -2.44. The molecule has 1 N–H and O–H groups in total. The van der Waals surface area contributed by atoms with Crippen molar-refractivity contribution in [1.82, 2.24) is 10.2 Å². The normalized spacial score (nSPS) is 16.0. The van der Waals surface area contributed by atoms with Crippen LogP contribution in [-0.4, -0.2) is 54.6 Å². The van der Waals surface area contributed by atoms with Crippen molar-refractivity contribution in [2.75, 3.05) is 38.5 Å². The van der Waals surface area contributed by atoms with Gasteiger partial charge in [-0.25, -0.2) is 0 Å². The number of carbonyl (C=O) groups is 1. The number of hydrogen-bond donors (Lipinski definition) is 1. The first kappa shape index (κ1) is 15.0. The van der Waals surface area contributed by atoms with Gasteiger partial charge in [0.25, 0.3) is 5.69 Å². The second-order valence-electron chi connectivity index (χ2n) is 4.54. The summed E-state index contributed by atoms with van der Waals surface area (Å²) < 4.78 is 0. The third-order valence-corrected chi connectivity index (χ3v) is 4.26. The Hall–Kier alpha value is -1.44. The van der Waals surface area contributed by atoms with Gasteiger partial charge in [0, 0.05) is 61.1 Å². The van der Waals surface area contributed by atoms with Crippen LogP contribution in [0.3, 0.4) is 0 Å². The number of thioether (sulfide) groups is 1. The molecule has 1 fully saturated rings. The summed E-state index contributed by atoms with van der Waals surface area (Å²) in [7, 11) is 0. The zero-order chi connectivity index (χ0) is 14.4. The number of benzene rings is 1. The number of aldehydes is 1. The Kier molecular flexibility index (Phi) is 5.51. The smallest absolute Gasteiger partial charge is 0.270 e.